The Morgan fingerprint density at radius 2 is 1.85 bits per heavy atom. The number of methoxy groups -OCH3 is 1. The summed E-state index contributed by atoms with van der Waals surface area (Å²) < 4.78 is 5.04. The zero-order valence-electron chi connectivity index (χ0n) is 12.6. The summed E-state index contributed by atoms with van der Waals surface area (Å²) in [4.78, 5) is 16.5. The summed E-state index contributed by atoms with van der Waals surface area (Å²) >= 11 is 0. The molecule has 0 aromatic carbocycles. The molecule has 0 radical (unpaired) electrons. The van der Waals surface area contributed by atoms with Crippen molar-refractivity contribution >= 4 is 5.91 Å². The summed E-state index contributed by atoms with van der Waals surface area (Å²) in [6.45, 7) is 4.37. The molecule has 2 aliphatic rings. The lowest BCUT2D eigenvalue weighted by Crippen LogP contribution is -2.59. The topological polar surface area (TPSA) is 53.0 Å². The summed E-state index contributed by atoms with van der Waals surface area (Å²) in [6.07, 6.45) is 6.35. The molecule has 2 fully saturated rings. The smallest absolute Gasteiger partial charge is 0.255 e. The van der Waals surface area contributed by atoms with E-state index in [2.05, 4.69) is 4.90 Å². The maximum atomic E-state index is 12.5. The second kappa shape index (κ2) is 7.38. The Balaban J connectivity index is 1.94. The van der Waals surface area contributed by atoms with Crippen molar-refractivity contribution in [1.82, 2.24) is 9.80 Å². The van der Waals surface area contributed by atoms with Crippen molar-refractivity contribution in [1.29, 1.82) is 0 Å². The van der Waals surface area contributed by atoms with Gasteiger partial charge in [-0.1, -0.05) is 12.8 Å². The second-order valence-corrected chi connectivity index (χ2v) is 6.11. The highest BCUT2D eigenvalue weighted by molar-refractivity contribution is 5.86. The molecule has 5 nitrogen and oxygen atoms in total. The molecule has 2 aliphatic heterocycles. The average molecular weight is 284 g/mol. The van der Waals surface area contributed by atoms with Crippen LogP contribution in [0.5, 0.6) is 0 Å². The normalized spacial score (nSPS) is 29.5. The zero-order valence-corrected chi connectivity index (χ0v) is 12.6. The van der Waals surface area contributed by atoms with E-state index in [0.717, 1.165) is 26.1 Å². The van der Waals surface area contributed by atoms with Crippen LogP contribution in [0.25, 0.3) is 0 Å². The zero-order chi connectivity index (χ0) is 14.4. The van der Waals surface area contributed by atoms with Gasteiger partial charge in [-0.25, -0.2) is 0 Å². The van der Waals surface area contributed by atoms with Gasteiger partial charge in [0.1, 0.15) is 0 Å². The maximum Gasteiger partial charge on any atom is 0.255 e. The molecule has 1 amide bonds. The summed E-state index contributed by atoms with van der Waals surface area (Å²) in [7, 11) is 1.64. The first-order valence-electron chi connectivity index (χ1n) is 7.89. The highest BCUT2D eigenvalue weighted by Crippen LogP contribution is 2.25. The lowest BCUT2D eigenvalue weighted by molar-refractivity contribution is -0.160. The van der Waals surface area contributed by atoms with E-state index in [1.165, 1.54) is 25.7 Å². The summed E-state index contributed by atoms with van der Waals surface area (Å²) in [5, 5.41) is 10.8. The Morgan fingerprint density at radius 3 is 2.50 bits per heavy atom. The molecule has 116 valence electrons. The number of β-amino-alcohol motifs (C(OH)–C–C–N with tert-alkyl or cyclic N) is 1. The molecule has 2 heterocycles. The van der Waals surface area contributed by atoms with Crippen LogP contribution in [0, 0.1) is 0 Å². The van der Waals surface area contributed by atoms with Gasteiger partial charge in [0.15, 0.2) is 5.60 Å². The van der Waals surface area contributed by atoms with Crippen LogP contribution in [-0.4, -0.2) is 72.9 Å². The number of piperidine rings is 1. The van der Waals surface area contributed by atoms with Gasteiger partial charge in [-0.2, -0.15) is 0 Å². The van der Waals surface area contributed by atoms with Gasteiger partial charge >= 0.3 is 0 Å². The van der Waals surface area contributed by atoms with Crippen LogP contribution < -0.4 is 0 Å². The van der Waals surface area contributed by atoms with Crippen molar-refractivity contribution in [3.8, 4) is 0 Å². The third-order valence-electron chi connectivity index (χ3n) is 4.45. The lowest BCUT2D eigenvalue weighted by Gasteiger charge is -2.40. The van der Waals surface area contributed by atoms with Gasteiger partial charge in [0, 0.05) is 26.7 Å². The van der Waals surface area contributed by atoms with E-state index in [1.807, 2.05) is 0 Å². The van der Waals surface area contributed by atoms with Crippen LogP contribution in [0.4, 0.5) is 0 Å². The number of carbonyl (C=O) groups is 1. The number of aliphatic hydroxyl groups is 1. The molecule has 0 spiro atoms. The van der Waals surface area contributed by atoms with Crippen molar-refractivity contribution in [2.75, 3.05) is 46.4 Å². The van der Waals surface area contributed by atoms with Crippen LogP contribution in [0.3, 0.4) is 0 Å². The summed E-state index contributed by atoms with van der Waals surface area (Å²) in [5.41, 5.74) is -1.18. The number of carbonyl (C=O) groups excluding carboxylic acids is 1. The molecule has 2 saturated heterocycles. The Morgan fingerprint density at radius 1 is 1.15 bits per heavy atom. The third kappa shape index (κ3) is 3.93. The first-order chi connectivity index (χ1) is 9.65. The van der Waals surface area contributed by atoms with Gasteiger partial charge in [-0.15, -0.1) is 0 Å². The van der Waals surface area contributed by atoms with Crippen molar-refractivity contribution in [3.05, 3.63) is 0 Å². The number of ether oxygens (including phenoxy) is 1. The molecular weight excluding hydrogens is 256 g/mol. The minimum atomic E-state index is -1.18. The molecule has 1 atom stereocenters. The Labute approximate surface area is 121 Å². The quantitative estimate of drug-likeness (QED) is 0.813. The molecule has 1 N–H and O–H groups in total. The Kier molecular flexibility index (Phi) is 5.81. The van der Waals surface area contributed by atoms with Crippen LogP contribution >= 0.6 is 0 Å². The molecule has 0 aromatic heterocycles. The number of hydrogen-bond acceptors (Lipinski definition) is 4. The summed E-state index contributed by atoms with van der Waals surface area (Å²) in [5.74, 6) is -0.106. The van der Waals surface area contributed by atoms with Gasteiger partial charge in [0.2, 0.25) is 0 Å². The van der Waals surface area contributed by atoms with E-state index < -0.39 is 5.60 Å². The van der Waals surface area contributed by atoms with Crippen LogP contribution in [0.2, 0.25) is 0 Å². The van der Waals surface area contributed by atoms with Crippen molar-refractivity contribution in [2.45, 2.75) is 44.1 Å². The first kappa shape index (κ1) is 15.7. The van der Waals surface area contributed by atoms with E-state index in [4.69, 9.17) is 4.74 Å². The maximum absolute atomic E-state index is 12.5. The standard InChI is InChI=1S/C15H28N2O3/c1-20-12-11-17-10-6-7-15(19,14(17)18)13-16-8-4-2-3-5-9-16/h19H,2-13H2,1H3. The fraction of sp³-hybridized carbons (Fsp3) is 0.933. The fourth-order valence-corrected chi connectivity index (χ4v) is 3.29. The largest absolute Gasteiger partial charge is 0.383 e. The van der Waals surface area contributed by atoms with Gasteiger partial charge in [-0.05, 0) is 38.8 Å². The summed E-state index contributed by atoms with van der Waals surface area (Å²) in [6, 6.07) is 0. The van der Waals surface area contributed by atoms with Crippen molar-refractivity contribution < 1.29 is 14.6 Å². The molecular formula is C15H28N2O3. The van der Waals surface area contributed by atoms with E-state index in [-0.39, 0.29) is 5.91 Å². The number of amides is 1. The first-order valence-corrected chi connectivity index (χ1v) is 7.89. The number of hydrogen-bond donors (Lipinski definition) is 1. The minimum Gasteiger partial charge on any atom is -0.383 e. The van der Waals surface area contributed by atoms with Crippen LogP contribution in [0.15, 0.2) is 0 Å². The number of nitrogens with zero attached hydrogens (tertiary/aromatic N) is 2. The highest BCUT2D eigenvalue weighted by atomic mass is 16.5. The monoisotopic (exact) mass is 284 g/mol. The Hall–Kier alpha value is -0.650. The number of likely N-dealkylation sites (tertiary alicyclic amines) is 2. The van der Waals surface area contributed by atoms with Gasteiger partial charge in [0.25, 0.3) is 5.91 Å². The van der Waals surface area contributed by atoms with E-state index in [9.17, 15) is 9.90 Å². The van der Waals surface area contributed by atoms with Crippen molar-refractivity contribution in [3.63, 3.8) is 0 Å². The van der Waals surface area contributed by atoms with Gasteiger partial charge in [-0.3, -0.25) is 9.69 Å². The molecule has 0 aromatic rings. The van der Waals surface area contributed by atoms with Crippen LogP contribution in [-0.2, 0) is 9.53 Å². The minimum absolute atomic E-state index is 0.106. The predicted octanol–water partition coefficient (Wildman–Crippen LogP) is 0.862. The second-order valence-electron chi connectivity index (χ2n) is 6.11. The molecule has 0 bridgehead atoms. The fourth-order valence-electron chi connectivity index (χ4n) is 3.29. The Bertz CT molecular complexity index is 316. The van der Waals surface area contributed by atoms with Gasteiger partial charge < -0.3 is 14.7 Å². The van der Waals surface area contributed by atoms with E-state index in [1.54, 1.807) is 12.0 Å². The van der Waals surface area contributed by atoms with Crippen molar-refractivity contribution in [2.24, 2.45) is 0 Å². The molecule has 0 aliphatic carbocycles. The van der Waals surface area contributed by atoms with Crippen LogP contribution in [0.1, 0.15) is 38.5 Å². The molecule has 20 heavy (non-hydrogen) atoms. The molecule has 2 rings (SSSR count). The SMILES string of the molecule is COCCN1CCCC(O)(CN2CCCCCC2)C1=O. The van der Waals surface area contributed by atoms with Gasteiger partial charge in [0.05, 0.1) is 6.61 Å². The molecule has 5 heteroatoms. The average Bonchev–Trinajstić information content (AvgIpc) is 2.69. The molecule has 0 saturated carbocycles. The third-order valence-corrected chi connectivity index (χ3v) is 4.45. The highest BCUT2D eigenvalue weighted by Gasteiger charge is 2.43. The van der Waals surface area contributed by atoms with E-state index in [0.29, 0.717) is 26.1 Å². The number of rotatable bonds is 5. The lowest BCUT2D eigenvalue weighted by atomic mass is 9.91. The predicted molar refractivity (Wildman–Crippen MR) is 77.5 cm³/mol. The molecule has 1 unspecified atom stereocenters. The van der Waals surface area contributed by atoms with E-state index >= 15 is 0 Å².